The minimum atomic E-state index is -0.478. The van der Waals surface area contributed by atoms with Crippen molar-refractivity contribution in [2.24, 2.45) is 0 Å². The topological polar surface area (TPSA) is 89.7 Å². The Hall–Kier alpha value is -3.78. The smallest absolute Gasteiger partial charge is 0.263 e. The highest BCUT2D eigenvalue weighted by Gasteiger charge is 2.20. The van der Waals surface area contributed by atoms with Crippen molar-refractivity contribution >= 4 is 28.7 Å². The summed E-state index contributed by atoms with van der Waals surface area (Å²) < 4.78 is 5.38. The van der Waals surface area contributed by atoms with Crippen LogP contribution in [0.3, 0.4) is 0 Å². The Morgan fingerprint density at radius 2 is 1.82 bits per heavy atom. The highest BCUT2D eigenvalue weighted by molar-refractivity contribution is 6.08. The Bertz CT molecular complexity index is 1220. The van der Waals surface area contributed by atoms with E-state index >= 15 is 0 Å². The lowest BCUT2D eigenvalue weighted by Crippen LogP contribution is -2.44. The number of likely N-dealkylation sites (N-methyl/N-ethyl adjacent to an activating group) is 1. The summed E-state index contributed by atoms with van der Waals surface area (Å²) in [6.45, 7) is 6.12. The van der Waals surface area contributed by atoms with E-state index in [-0.39, 0.29) is 5.56 Å². The number of carbonyl (C=O) groups is 1. The second-order valence-electron chi connectivity index (χ2n) is 8.36. The quantitative estimate of drug-likeness (QED) is 0.497. The van der Waals surface area contributed by atoms with Crippen LogP contribution in [0.5, 0.6) is 5.75 Å². The highest BCUT2D eigenvalue weighted by atomic mass is 16.5. The van der Waals surface area contributed by atoms with Gasteiger partial charge in [0.05, 0.1) is 18.5 Å². The monoisotopic (exact) mass is 461 g/mol. The van der Waals surface area contributed by atoms with E-state index in [0.29, 0.717) is 22.8 Å². The van der Waals surface area contributed by atoms with E-state index in [1.54, 1.807) is 13.2 Å². The van der Waals surface area contributed by atoms with Gasteiger partial charge >= 0.3 is 0 Å². The Morgan fingerprint density at radius 3 is 2.56 bits per heavy atom. The predicted molar refractivity (Wildman–Crippen MR) is 137 cm³/mol. The van der Waals surface area contributed by atoms with Gasteiger partial charge in [0.15, 0.2) is 0 Å². The molecule has 1 amide bonds. The zero-order valence-electron chi connectivity index (χ0n) is 19.9. The van der Waals surface area contributed by atoms with E-state index in [9.17, 15) is 9.59 Å². The average Bonchev–Trinajstić information content (AvgIpc) is 2.85. The molecule has 1 aromatic heterocycles. The molecular weight excluding hydrogens is 430 g/mol. The molecule has 0 aliphatic carbocycles. The van der Waals surface area contributed by atoms with Gasteiger partial charge in [-0.25, -0.2) is 0 Å². The molecule has 8 heteroatoms. The molecule has 2 heterocycles. The van der Waals surface area contributed by atoms with Crippen molar-refractivity contribution < 1.29 is 9.53 Å². The van der Waals surface area contributed by atoms with E-state index in [1.165, 1.54) is 11.9 Å². The molecule has 2 aromatic carbocycles. The third-order valence-corrected chi connectivity index (χ3v) is 6.13. The van der Waals surface area contributed by atoms with Gasteiger partial charge < -0.3 is 30.2 Å². The molecule has 0 spiro atoms. The Labute approximate surface area is 199 Å². The summed E-state index contributed by atoms with van der Waals surface area (Å²) in [5, 5.41) is 6.07. The van der Waals surface area contributed by atoms with Crippen molar-refractivity contribution in [3.05, 3.63) is 76.2 Å². The first kappa shape index (κ1) is 23.4. The lowest BCUT2D eigenvalue weighted by atomic mass is 10.1. The van der Waals surface area contributed by atoms with Crippen molar-refractivity contribution in [3.63, 3.8) is 0 Å². The molecule has 0 saturated carbocycles. The van der Waals surface area contributed by atoms with Gasteiger partial charge in [0.2, 0.25) is 0 Å². The van der Waals surface area contributed by atoms with E-state index in [1.807, 2.05) is 36.4 Å². The molecule has 1 fully saturated rings. The molecule has 3 N–H and O–H groups in total. The Morgan fingerprint density at radius 1 is 1.06 bits per heavy atom. The fraction of sp³-hybridized carbons (Fsp3) is 0.308. The van der Waals surface area contributed by atoms with Crippen LogP contribution in [0, 0.1) is 0 Å². The lowest BCUT2D eigenvalue weighted by Gasteiger charge is -2.35. The average molecular weight is 462 g/mol. The first-order valence-electron chi connectivity index (χ1n) is 11.5. The number of H-pyrrole nitrogens is 1. The van der Waals surface area contributed by atoms with Crippen molar-refractivity contribution in [1.82, 2.24) is 9.88 Å². The first-order chi connectivity index (χ1) is 16.5. The maximum atomic E-state index is 13.2. The molecule has 0 unspecified atom stereocenters. The number of benzene rings is 2. The largest absolute Gasteiger partial charge is 0.495 e. The molecule has 1 aliphatic rings. The minimum Gasteiger partial charge on any atom is -0.495 e. The number of aromatic nitrogens is 1. The van der Waals surface area contributed by atoms with Gasteiger partial charge in [0.1, 0.15) is 11.3 Å². The molecule has 1 saturated heterocycles. The standard InChI is InChI=1S/C26H31N5O3/c1-4-18-17-19(9-10-22(18)31-15-13-30(2)14-16-31)28-26(33)24-21(11-12-27-25(24)32)29-20-7-5-6-8-23(20)34-3/h5-12,17H,4,13-16H2,1-3H3,(H,28,33)(H2,27,29,32). The Kier molecular flexibility index (Phi) is 7.18. The maximum absolute atomic E-state index is 13.2. The number of piperazine rings is 1. The van der Waals surface area contributed by atoms with Crippen LogP contribution in [0.4, 0.5) is 22.7 Å². The number of nitrogens with zero attached hydrogens (tertiary/aromatic N) is 2. The predicted octanol–water partition coefficient (Wildman–Crippen LogP) is 3.69. The van der Waals surface area contributed by atoms with E-state index < -0.39 is 11.5 Å². The van der Waals surface area contributed by atoms with E-state index in [4.69, 9.17) is 4.74 Å². The number of pyridine rings is 1. The van der Waals surface area contributed by atoms with Crippen LogP contribution in [0.15, 0.2) is 59.5 Å². The summed E-state index contributed by atoms with van der Waals surface area (Å²) in [6.07, 6.45) is 2.36. The molecule has 0 radical (unpaired) electrons. The zero-order valence-corrected chi connectivity index (χ0v) is 19.9. The maximum Gasteiger partial charge on any atom is 0.263 e. The summed E-state index contributed by atoms with van der Waals surface area (Å²) >= 11 is 0. The number of hydrogen-bond acceptors (Lipinski definition) is 6. The fourth-order valence-corrected chi connectivity index (χ4v) is 4.20. The Balaban J connectivity index is 1.58. The van der Waals surface area contributed by atoms with Crippen molar-refractivity contribution in [2.45, 2.75) is 13.3 Å². The number of carbonyl (C=O) groups excluding carboxylic acids is 1. The van der Waals surface area contributed by atoms with Crippen molar-refractivity contribution in [1.29, 1.82) is 0 Å². The summed E-state index contributed by atoms with van der Waals surface area (Å²) in [4.78, 5) is 33.1. The number of methoxy groups -OCH3 is 1. The number of amides is 1. The van der Waals surface area contributed by atoms with Crippen molar-refractivity contribution in [2.75, 3.05) is 55.9 Å². The second-order valence-corrected chi connectivity index (χ2v) is 8.36. The minimum absolute atomic E-state index is 0.00889. The number of hydrogen-bond donors (Lipinski definition) is 3. The molecular formula is C26H31N5O3. The lowest BCUT2D eigenvalue weighted by molar-refractivity contribution is 0.102. The summed E-state index contributed by atoms with van der Waals surface area (Å²) in [7, 11) is 3.71. The highest BCUT2D eigenvalue weighted by Crippen LogP contribution is 2.29. The number of rotatable bonds is 7. The number of aromatic amines is 1. The van der Waals surface area contributed by atoms with Gasteiger partial charge in [-0.15, -0.1) is 0 Å². The van der Waals surface area contributed by atoms with Gasteiger partial charge in [0.25, 0.3) is 11.5 Å². The van der Waals surface area contributed by atoms with Crippen LogP contribution in [0.25, 0.3) is 0 Å². The van der Waals surface area contributed by atoms with Crippen molar-refractivity contribution in [3.8, 4) is 5.75 Å². The summed E-state index contributed by atoms with van der Waals surface area (Å²) in [6, 6.07) is 15.0. The summed E-state index contributed by atoms with van der Waals surface area (Å²) in [5.41, 5.74) is 3.62. The SMILES string of the molecule is CCc1cc(NC(=O)c2c(Nc3ccccc3OC)cc[nH]c2=O)ccc1N1CCN(C)CC1. The molecule has 3 aromatic rings. The number of ether oxygens (including phenoxy) is 1. The van der Waals surface area contributed by atoms with Gasteiger partial charge in [-0.2, -0.15) is 0 Å². The number of nitrogens with one attached hydrogen (secondary N) is 3. The van der Waals surface area contributed by atoms with E-state index in [0.717, 1.165) is 38.2 Å². The molecule has 8 nitrogen and oxygen atoms in total. The van der Waals surface area contributed by atoms with Gasteiger partial charge in [-0.3, -0.25) is 9.59 Å². The van der Waals surface area contributed by atoms with Crippen LogP contribution in [-0.4, -0.2) is 56.1 Å². The molecule has 178 valence electrons. The molecule has 1 aliphatic heterocycles. The normalized spacial score (nSPS) is 14.0. The molecule has 0 bridgehead atoms. The number of anilines is 4. The van der Waals surface area contributed by atoms with E-state index in [2.05, 4.69) is 45.5 Å². The van der Waals surface area contributed by atoms with Crippen LogP contribution < -0.4 is 25.8 Å². The van der Waals surface area contributed by atoms with Crippen LogP contribution in [0.2, 0.25) is 0 Å². The second kappa shape index (κ2) is 10.4. The van der Waals surface area contributed by atoms with Gasteiger partial charge in [-0.05, 0) is 55.4 Å². The number of aryl methyl sites for hydroxylation is 1. The van der Waals surface area contributed by atoms with Crippen LogP contribution in [-0.2, 0) is 6.42 Å². The van der Waals surface area contributed by atoms with Crippen LogP contribution >= 0.6 is 0 Å². The molecule has 0 atom stereocenters. The molecule has 4 rings (SSSR count). The van der Waals surface area contributed by atoms with Gasteiger partial charge in [-0.1, -0.05) is 19.1 Å². The summed E-state index contributed by atoms with van der Waals surface area (Å²) in [5.74, 6) is 0.134. The number of para-hydroxylation sites is 2. The van der Waals surface area contributed by atoms with Crippen LogP contribution in [0.1, 0.15) is 22.8 Å². The third-order valence-electron chi connectivity index (χ3n) is 6.13. The fourth-order valence-electron chi connectivity index (χ4n) is 4.20. The van der Waals surface area contributed by atoms with Gasteiger partial charge in [0, 0.05) is 43.8 Å². The third kappa shape index (κ3) is 5.07. The zero-order chi connectivity index (χ0) is 24.1. The molecule has 34 heavy (non-hydrogen) atoms. The first-order valence-corrected chi connectivity index (χ1v) is 11.5.